The molecular formula is C11H16BrNO2. The van der Waals surface area contributed by atoms with Crippen molar-refractivity contribution >= 4 is 15.9 Å². The van der Waals surface area contributed by atoms with Gasteiger partial charge in [-0.25, -0.2) is 0 Å². The Morgan fingerprint density at radius 3 is 2.73 bits per heavy atom. The predicted octanol–water partition coefficient (Wildman–Crippen LogP) is 2.96. The highest BCUT2D eigenvalue weighted by molar-refractivity contribution is 9.10. The Hall–Kier alpha value is -0.740. The minimum absolute atomic E-state index is 0.132. The molecular weight excluding hydrogens is 258 g/mol. The quantitative estimate of drug-likeness (QED) is 0.887. The van der Waals surface area contributed by atoms with E-state index in [0.717, 1.165) is 22.9 Å². The standard InChI is InChI=1S/C11H16BrNO2/c1-3-4-8(13)10-7(12)5-6-9(15-2)11(10)14/h5-6,8,14H,3-4,13H2,1-2H3/t8-/m1/s1. The highest BCUT2D eigenvalue weighted by Crippen LogP contribution is 2.39. The first-order valence-corrected chi connectivity index (χ1v) is 5.72. The molecule has 0 spiro atoms. The van der Waals surface area contributed by atoms with Crippen molar-refractivity contribution in [1.29, 1.82) is 0 Å². The van der Waals surface area contributed by atoms with E-state index >= 15 is 0 Å². The summed E-state index contributed by atoms with van der Waals surface area (Å²) in [6.07, 6.45) is 1.81. The number of phenolic OH excluding ortho intramolecular Hbond substituents is 1. The van der Waals surface area contributed by atoms with Crippen LogP contribution in [0, 0.1) is 0 Å². The molecule has 84 valence electrons. The summed E-state index contributed by atoms with van der Waals surface area (Å²) in [6, 6.07) is 3.38. The molecule has 0 saturated carbocycles. The summed E-state index contributed by atoms with van der Waals surface area (Å²) in [4.78, 5) is 0. The maximum absolute atomic E-state index is 9.93. The van der Waals surface area contributed by atoms with Crippen molar-refractivity contribution in [2.75, 3.05) is 7.11 Å². The van der Waals surface area contributed by atoms with Gasteiger partial charge in [0.2, 0.25) is 0 Å². The summed E-state index contributed by atoms with van der Waals surface area (Å²) in [6.45, 7) is 2.06. The number of aromatic hydroxyl groups is 1. The fourth-order valence-electron chi connectivity index (χ4n) is 1.54. The average molecular weight is 274 g/mol. The van der Waals surface area contributed by atoms with Gasteiger partial charge in [-0.3, -0.25) is 0 Å². The first-order valence-electron chi connectivity index (χ1n) is 4.92. The average Bonchev–Trinajstić information content (AvgIpc) is 2.18. The summed E-state index contributed by atoms with van der Waals surface area (Å²) in [5.74, 6) is 0.590. The van der Waals surface area contributed by atoms with Gasteiger partial charge in [0.05, 0.1) is 7.11 Å². The fraction of sp³-hybridized carbons (Fsp3) is 0.455. The van der Waals surface area contributed by atoms with Gasteiger partial charge >= 0.3 is 0 Å². The number of phenols is 1. The summed E-state index contributed by atoms with van der Waals surface area (Å²) in [5, 5.41) is 9.93. The molecule has 0 unspecified atom stereocenters. The van der Waals surface area contributed by atoms with E-state index in [4.69, 9.17) is 10.5 Å². The Kier molecular flexibility index (Phi) is 4.42. The van der Waals surface area contributed by atoms with Gasteiger partial charge in [-0.05, 0) is 18.6 Å². The molecule has 0 amide bonds. The number of benzene rings is 1. The molecule has 0 aliphatic carbocycles. The third-order valence-electron chi connectivity index (χ3n) is 2.32. The van der Waals surface area contributed by atoms with E-state index in [1.807, 2.05) is 6.07 Å². The van der Waals surface area contributed by atoms with Gasteiger partial charge in [0, 0.05) is 16.1 Å². The van der Waals surface area contributed by atoms with Crippen molar-refractivity contribution < 1.29 is 9.84 Å². The molecule has 0 heterocycles. The van der Waals surface area contributed by atoms with Gasteiger partial charge in [0.1, 0.15) is 0 Å². The van der Waals surface area contributed by atoms with E-state index in [9.17, 15) is 5.11 Å². The van der Waals surface area contributed by atoms with Crippen molar-refractivity contribution in [3.63, 3.8) is 0 Å². The molecule has 3 N–H and O–H groups in total. The second kappa shape index (κ2) is 5.37. The molecule has 1 atom stereocenters. The second-order valence-corrected chi connectivity index (χ2v) is 4.26. The van der Waals surface area contributed by atoms with E-state index < -0.39 is 0 Å². The van der Waals surface area contributed by atoms with Crippen LogP contribution in [0.5, 0.6) is 11.5 Å². The van der Waals surface area contributed by atoms with Crippen LogP contribution in [0.4, 0.5) is 0 Å². The van der Waals surface area contributed by atoms with Gasteiger partial charge in [-0.1, -0.05) is 29.3 Å². The first kappa shape index (κ1) is 12.3. The van der Waals surface area contributed by atoms with E-state index in [0.29, 0.717) is 5.75 Å². The largest absolute Gasteiger partial charge is 0.504 e. The van der Waals surface area contributed by atoms with Crippen LogP contribution in [0.25, 0.3) is 0 Å². The molecule has 0 aliphatic heterocycles. The molecule has 0 aromatic heterocycles. The Morgan fingerprint density at radius 1 is 1.53 bits per heavy atom. The van der Waals surface area contributed by atoms with Crippen molar-refractivity contribution in [3.05, 3.63) is 22.2 Å². The van der Waals surface area contributed by atoms with Crippen LogP contribution >= 0.6 is 15.9 Å². The van der Waals surface area contributed by atoms with Gasteiger partial charge in [0.15, 0.2) is 11.5 Å². The number of halogens is 1. The maximum atomic E-state index is 9.93. The lowest BCUT2D eigenvalue weighted by atomic mass is 10.0. The minimum Gasteiger partial charge on any atom is -0.504 e. The Morgan fingerprint density at radius 2 is 2.20 bits per heavy atom. The van der Waals surface area contributed by atoms with Gasteiger partial charge in [-0.2, -0.15) is 0 Å². The maximum Gasteiger partial charge on any atom is 0.163 e. The van der Waals surface area contributed by atoms with Crippen molar-refractivity contribution in [2.24, 2.45) is 5.73 Å². The second-order valence-electron chi connectivity index (χ2n) is 3.41. The molecule has 1 aromatic carbocycles. The normalized spacial score (nSPS) is 12.5. The Bertz CT molecular complexity index is 342. The van der Waals surface area contributed by atoms with Crippen LogP contribution in [-0.2, 0) is 0 Å². The van der Waals surface area contributed by atoms with Crippen LogP contribution in [0.2, 0.25) is 0 Å². The zero-order valence-electron chi connectivity index (χ0n) is 8.96. The number of nitrogens with two attached hydrogens (primary N) is 1. The number of methoxy groups -OCH3 is 1. The zero-order valence-corrected chi connectivity index (χ0v) is 10.5. The lowest BCUT2D eigenvalue weighted by Crippen LogP contribution is -2.11. The monoisotopic (exact) mass is 273 g/mol. The lowest BCUT2D eigenvalue weighted by molar-refractivity contribution is 0.367. The highest BCUT2D eigenvalue weighted by Gasteiger charge is 2.17. The predicted molar refractivity (Wildman–Crippen MR) is 64.2 cm³/mol. The van der Waals surface area contributed by atoms with E-state index in [1.165, 1.54) is 7.11 Å². The molecule has 1 rings (SSSR count). The summed E-state index contributed by atoms with van der Waals surface area (Å²) < 4.78 is 5.86. The summed E-state index contributed by atoms with van der Waals surface area (Å²) in [5.41, 5.74) is 6.70. The number of hydrogen-bond donors (Lipinski definition) is 2. The van der Waals surface area contributed by atoms with Gasteiger partial charge in [-0.15, -0.1) is 0 Å². The third-order valence-corrected chi connectivity index (χ3v) is 3.01. The number of rotatable bonds is 4. The van der Waals surface area contributed by atoms with E-state index in [1.54, 1.807) is 6.07 Å². The van der Waals surface area contributed by atoms with Crippen molar-refractivity contribution in [3.8, 4) is 11.5 Å². The molecule has 0 bridgehead atoms. The fourth-order valence-corrected chi connectivity index (χ4v) is 2.15. The van der Waals surface area contributed by atoms with Crippen LogP contribution < -0.4 is 10.5 Å². The lowest BCUT2D eigenvalue weighted by Gasteiger charge is -2.16. The highest BCUT2D eigenvalue weighted by atomic mass is 79.9. The summed E-state index contributed by atoms with van der Waals surface area (Å²) in [7, 11) is 1.53. The van der Waals surface area contributed by atoms with Crippen LogP contribution in [0.3, 0.4) is 0 Å². The smallest absolute Gasteiger partial charge is 0.163 e. The molecule has 0 saturated heterocycles. The number of hydrogen-bond acceptors (Lipinski definition) is 3. The Balaban J connectivity index is 3.14. The van der Waals surface area contributed by atoms with Crippen LogP contribution in [0.15, 0.2) is 16.6 Å². The van der Waals surface area contributed by atoms with Crippen molar-refractivity contribution in [2.45, 2.75) is 25.8 Å². The molecule has 1 aromatic rings. The molecule has 15 heavy (non-hydrogen) atoms. The van der Waals surface area contributed by atoms with Crippen LogP contribution in [0.1, 0.15) is 31.4 Å². The molecule has 0 fully saturated rings. The Labute approximate surface area is 98.4 Å². The SMILES string of the molecule is CCC[C@@H](N)c1c(Br)ccc(OC)c1O. The first-order chi connectivity index (χ1) is 7.11. The van der Waals surface area contributed by atoms with E-state index in [-0.39, 0.29) is 11.8 Å². The van der Waals surface area contributed by atoms with Crippen LogP contribution in [-0.4, -0.2) is 12.2 Å². The molecule has 0 aliphatic rings. The third kappa shape index (κ3) is 2.63. The zero-order chi connectivity index (χ0) is 11.4. The van der Waals surface area contributed by atoms with Gasteiger partial charge < -0.3 is 15.6 Å². The molecule has 3 nitrogen and oxygen atoms in total. The number of ether oxygens (including phenoxy) is 1. The topological polar surface area (TPSA) is 55.5 Å². The van der Waals surface area contributed by atoms with Gasteiger partial charge in [0.25, 0.3) is 0 Å². The summed E-state index contributed by atoms with van der Waals surface area (Å²) >= 11 is 3.39. The van der Waals surface area contributed by atoms with E-state index in [2.05, 4.69) is 22.9 Å². The van der Waals surface area contributed by atoms with Crippen molar-refractivity contribution in [1.82, 2.24) is 0 Å². The minimum atomic E-state index is -0.167. The molecule has 4 heteroatoms. The molecule has 0 radical (unpaired) electrons.